The Labute approximate surface area is 145 Å². The molecule has 6 heteroatoms. The number of anilines is 1. The maximum absolute atomic E-state index is 12.0. The average molecular weight is 345 g/mol. The lowest BCUT2D eigenvalue weighted by molar-refractivity contribution is 0.242. The molecular formula is C18H23N3O2S. The fourth-order valence-corrected chi connectivity index (χ4v) is 3.14. The summed E-state index contributed by atoms with van der Waals surface area (Å²) in [5, 5.41) is 5.54. The van der Waals surface area contributed by atoms with Gasteiger partial charge in [-0.15, -0.1) is 0 Å². The number of para-hydroxylation sites is 1. The van der Waals surface area contributed by atoms with E-state index in [1.807, 2.05) is 67.7 Å². The molecule has 0 bridgehead atoms. The molecule has 1 unspecified atom stereocenters. The lowest BCUT2D eigenvalue weighted by atomic mass is 10.3. The lowest BCUT2D eigenvalue weighted by Crippen LogP contribution is -2.40. The first kappa shape index (κ1) is 18.0. The molecule has 2 amide bonds. The highest BCUT2D eigenvalue weighted by Crippen LogP contribution is 2.09. The first-order valence-corrected chi connectivity index (χ1v) is 9.20. The number of urea groups is 1. The van der Waals surface area contributed by atoms with Gasteiger partial charge in [0.25, 0.3) is 0 Å². The molecule has 24 heavy (non-hydrogen) atoms. The second-order valence-corrected chi connectivity index (χ2v) is 6.87. The monoisotopic (exact) mass is 345 g/mol. The van der Waals surface area contributed by atoms with Crippen molar-refractivity contribution in [3.8, 4) is 0 Å². The predicted octanol–water partition coefficient (Wildman–Crippen LogP) is 2.23. The Kier molecular flexibility index (Phi) is 7.29. The van der Waals surface area contributed by atoms with Crippen LogP contribution in [0.2, 0.25) is 0 Å². The molecule has 0 saturated heterocycles. The second kappa shape index (κ2) is 9.72. The minimum Gasteiger partial charge on any atom is -0.373 e. The van der Waals surface area contributed by atoms with Gasteiger partial charge in [0, 0.05) is 43.0 Å². The zero-order valence-corrected chi connectivity index (χ0v) is 14.6. The van der Waals surface area contributed by atoms with E-state index in [1.165, 1.54) is 0 Å². The van der Waals surface area contributed by atoms with Crippen LogP contribution in [0.4, 0.5) is 10.5 Å². The van der Waals surface area contributed by atoms with Crippen molar-refractivity contribution in [3.05, 3.63) is 60.7 Å². The normalized spacial score (nSPS) is 11.5. The summed E-state index contributed by atoms with van der Waals surface area (Å²) in [5.41, 5.74) is 1.11. The zero-order valence-electron chi connectivity index (χ0n) is 13.8. The summed E-state index contributed by atoms with van der Waals surface area (Å²) in [7, 11) is 0.896. The quantitative estimate of drug-likeness (QED) is 0.771. The first-order valence-electron chi connectivity index (χ1n) is 7.88. The Hall–Kier alpha value is -2.34. The van der Waals surface area contributed by atoms with Gasteiger partial charge in [0.1, 0.15) is 0 Å². The molecule has 0 radical (unpaired) electrons. The van der Waals surface area contributed by atoms with Crippen molar-refractivity contribution in [2.45, 2.75) is 4.90 Å². The summed E-state index contributed by atoms with van der Waals surface area (Å²) in [5.74, 6) is 0.404. The van der Waals surface area contributed by atoms with E-state index in [9.17, 15) is 9.00 Å². The van der Waals surface area contributed by atoms with Crippen LogP contribution in [0, 0.1) is 0 Å². The molecule has 5 nitrogen and oxygen atoms in total. The van der Waals surface area contributed by atoms with Gasteiger partial charge in [0.2, 0.25) is 0 Å². The smallest absolute Gasteiger partial charge is 0.314 e. The summed E-state index contributed by atoms with van der Waals surface area (Å²) >= 11 is 0. The Morgan fingerprint density at radius 2 is 1.54 bits per heavy atom. The topological polar surface area (TPSA) is 61.4 Å². The minimum absolute atomic E-state index is 0.235. The van der Waals surface area contributed by atoms with E-state index in [4.69, 9.17) is 0 Å². The van der Waals surface area contributed by atoms with Crippen LogP contribution in [0.25, 0.3) is 0 Å². The van der Waals surface area contributed by atoms with E-state index in [-0.39, 0.29) is 6.03 Å². The van der Waals surface area contributed by atoms with Crippen molar-refractivity contribution in [1.82, 2.24) is 10.6 Å². The summed E-state index contributed by atoms with van der Waals surface area (Å²) in [6, 6.07) is 19.0. The molecule has 0 heterocycles. The second-order valence-electron chi connectivity index (χ2n) is 5.30. The van der Waals surface area contributed by atoms with Crippen LogP contribution in [0.1, 0.15) is 0 Å². The van der Waals surface area contributed by atoms with Crippen LogP contribution in [0.3, 0.4) is 0 Å². The molecule has 128 valence electrons. The number of benzene rings is 2. The number of likely N-dealkylation sites (N-methyl/N-ethyl adjacent to an activating group) is 1. The van der Waals surface area contributed by atoms with E-state index < -0.39 is 10.8 Å². The molecule has 2 N–H and O–H groups in total. The molecule has 0 aromatic heterocycles. The molecule has 2 aromatic rings. The van der Waals surface area contributed by atoms with Crippen molar-refractivity contribution in [3.63, 3.8) is 0 Å². The van der Waals surface area contributed by atoms with Gasteiger partial charge in [0.05, 0.1) is 10.8 Å². The van der Waals surface area contributed by atoms with Crippen molar-refractivity contribution in [2.24, 2.45) is 0 Å². The van der Waals surface area contributed by atoms with Gasteiger partial charge in [-0.2, -0.15) is 0 Å². The van der Waals surface area contributed by atoms with E-state index >= 15 is 0 Å². The number of carbonyl (C=O) groups excluding carboxylic acids is 1. The van der Waals surface area contributed by atoms with Crippen LogP contribution in [-0.2, 0) is 10.8 Å². The molecule has 0 aliphatic rings. The Balaban J connectivity index is 1.61. The maximum atomic E-state index is 12.0. The van der Waals surface area contributed by atoms with Crippen LogP contribution in [0.15, 0.2) is 65.6 Å². The van der Waals surface area contributed by atoms with Crippen LogP contribution in [-0.4, -0.2) is 42.7 Å². The van der Waals surface area contributed by atoms with Crippen LogP contribution < -0.4 is 15.5 Å². The number of rotatable bonds is 8. The third-order valence-corrected chi connectivity index (χ3v) is 4.88. The summed E-state index contributed by atoms with van der Waals surface area (Å²) in [6.07, 6.45) is 0. The van der Waals surface area contributed by atoms with E-state index in [0.717, 1.165) is 10.6 Å². The summed E-state index contributed by atoms with van der Waals surface area (Å²) < 4.78 is 12.0. The number of amides is 2. The van der Waals surface area contributed by atoms with Gasteiger partial charge in [-0.05, 0) is 24.3 Å². The van der Waals surface area contributed by atoms with Gasteiger partial charge in [0.15, 0.2) is 0 Å². The number of nitrogens with zero attached hydrogens (tertiary/aromatic N) is 1. The third kappa shape index (κ3) is 6.04. The molecule has 2 rings (SSSR count). The van der Waals surface area contributed by atoms with Gasteiger partial charge in [-0.3, -0.25) is 4.21 Å². The van der Waals surface area contributed by atoms with Crippen molar-refractivity contribution in [2.75, 3.05) is 37.3 Å². The molecule has 0 saturated carbocycles. The van der Waals surface area contributed by atoms with Gasteiger partial charge in [-0.25, -0.2) is 4.79 Å². The number of carbonyl (C=O) groups is 1. The summed E-state index contributed by atoms with van der Waals surface area (Å²) in [4.78, 5) is 14.6. The fourth-order valence-electron chi connectivity index (χ4n) is 2.16. The van der Waals surface area contributed by atoms with Crippen molar-refractivity contribution < 1.29 is 9.00 Å². The molecule has 0 aliphatic heterocycles. The summed E-state index contributed by atoms with van der Waals surface area (Å²) in [6.45, 7) is 1.63. The molecule has 0 spiro atoms. The maximum Gasteiger partial charge on any atom is 0.314 e. The van der Waals surface area contributed by atoms with Crippen LogP contribution >= 0.6 is 0 Å². The van der Waals surface area contributed by atoms with E-state index in [0.29, 0.717) is 25.4 Å². The van der Waals surface area contributed by atoms with E-state index in [2.05, 4.69) is 15.5 Å². The van der Waals surface area contributed by atoms with Crippen LogP contribution in [0.5, 0.6) is 0 Å². The van der Waals surface area contributed by atoms with E-state index in [1.54, 1.807) is 0 Å². The van der Waals surface area contributed by atoms with Gasteiger partial charge < -0.3 is 15.5 Å². The first-order chi connectivity index (χ1) is 11.7. The van der Waals surface area contributed by atoms with Gasteiger partial charge >= 0.3 is 6.03 Å². The Morgan fingerprint density at radius 3 is 2.21 bits per heavy atom. The number of nitrogens with one attached hydrogen (secondary N) is 2. The fraction of sp³-hybridized carbons (Fsp3) is 0.278. The highest BCUT2D eigenvalue weighted by molar-refractivity contribution is 7.85. The molecule has 0 fully saturated rings. The Bertz CT molecular complexity index is 650. The van der Waals surface area contributed by atoms with Crippen molar-refractivity contribution in [1.29, 1.82) is 0 Å². The number of hydrogen-bond acceptors (Lipinski definition) is 3. The van der Waals surface area contributed by atoms with Gasteiger partial charge in [-0.1, -0.05) is 36.4 Å². The highest BCUT2D eigenvalue weighted by Gasteiger charge is 2.05. The van der Waals surface area contributed by atoms with Crippen molar-refractivity contribution >= 4 is 22.5 Å². The standard InChI is InChI=1S/C18H23N3O2S/c1-21(16-8-4-2-5-9-16)14-12-19-18(22)20-13-15-24(23)17-10-6-3-7-11-17/h2-11H,12-15H2,1H3,(H2,19,20,22). The largest absolute Gasteiger partial charge is 0.373 e. The molecular weight excluding hydrogens is 322 g/mol. The molecule has 0 aliphatic carbocycles. The molecule has 1 atom stereocenters. The third-order valence-electron chi connectivity index (χ3n) is 3.51. The predicted molar refractivity (Wildman–Crippen MR) is 98.8 cm³/mol. The average Bonchev–Trinajstić information content (AvgIpc) is 2.63. The Morgan fingerprint density at radius 1 is 0.958 bits per heavy atom. The SMILES string of the molecule is CN(CCNC(=O)NCCS(=O)c1ccccc1)c1ccccc1. The zero-order chi connectivity index (χ0) is 17.2. The molecule has 2 aromatic carbocycles. The lowest BCUT2D eigenvalue weighted by Gasteiger charge is -2.19. The highest BCUT2D eigenvalue weighted by atomic mass is 32.2. The number of hydrogen-bond donors (Lipinski definition) is 2. The minimum atomic E-state index is -1.09.